The van der Waals surface area contributed by atoms with Crippen molar-refractivity contribution in [2.75, 3.05) is 14.2 Å². The highest BCUT2D eigenvalue weighted by Gasteiger charge is 2.43. The smallest absolute Gasteiger partial charge is 0.270 e. The van der Waals surface area contributed by atoms with Gasteiger partial charge in [0, 0.05) is 98.4 Å². The molecule has 5 aliphatic rings. The molecule has 99 heavy (non-hydrogen) atoms. The molecule has 478 valence electrons. The fourth-order valence-corrected chi connectivity index (χ4v) is 21.4. The maximum atomic E-state index is 14.7. The molecule has 2 aliphatic heterocycles. The van der Waals surface area contributed by atoms with E-state index in [9.17, 15) is 42.5 Å². The van der Waals surface area contributed by atoms with Crippen molar-refractivity contribution in [3.05, 3.63) is 208 Å². The highest BCUT2D eigenvalue weighted by Crippen LogP contribution is 2.61. The predicted octanol–water partition coefficient (Wildman–Crippen LogP) is 19.9. The first-order valence-electron chi connectivity index (χ1n) is 29.7. The number of aromatic nitrogens is 4. The highest BCUT2D eigenvalue weighted by molar-refractivity contribution is 7.29. The minimum Gasteiger partial charge on any atom is -0.495 e. The molecule has 15 nitrogen and oxygen atoms in total. The standard InChI is InChI=1S/C73H34F4N8O7S7/c1-72(2)37-21-49(95-66(37)70-47(91-72)23-51(97-70)68-45(89-7)15-27(93-68)13-35-53(43(25-78)80-5)31-17-39(74)41(76)19-33(31)63(35)86)55-58-59(83-62-57(82-58)29-11-9-10-12-30(29)65(62)88)56(61-60(55)84-99-85-61)50-22-38-67(96-50)71-48(92-73(38,3)4)24-52(98-71)69-46(90-8)16-28(94-69)14-36-54(44(26-79)81-6)32-18-40(75)42(77)20-34(32)64(36)87/h9-24H,1-4,7-8H3/b35-13-,36-14-,53-43+,54-44-. The number of thiophene rings is 6. The summed E-state index contributed by atoms with van der Waals surface area (Å²) in [6.07, 6.45) is 3.00. The third-order valence-electron chi connectivity index (χ3n) is 17.7. The van der Waals surface area contributed by atoms with Crippen LogP contribution in [0.5, 0.6) is 23.0 Å². The molecule has 0 fully saturated rings. The van der Waals surface area contributed by atoms with Crippen molar-refractivity contribution in [2.24, 2.45) is 0 Å². The molecule has 8 aromatic heterocycles. The molecular formula is C73H34F4N8O7S7. The van der Waals surface area contributed by atoms with Crippen molar-refractivity contribution in [3.8, 4) is 106 Å². The summed E-state index contributed by atoms with van der Waals surface area (Å²) in [5, 5.41) is 19.9. The molecule has 0 spiro atoms. The lowest BCUT2D eigenvalue weighted by Gasteiger charge is -2.31. The molecule has 0 N–H and O–H groups in total. The Morgan fingerprint density at radius 2 is 0.919 bits per heavy atom. The van der Waals surface area contributed by atoms with Crippen LogP contribution in [0.15, 0.2) is 107 Å². The minimum atomic E-state index is -1.24. The van der Waals surface area contributed by atoms with Gasteiger partial charge < -0.3 is 18.9 Å². The molecule has 26 heteroatoms. The third-order valence-corrected chi connectivity index (χ3v) is 25.6. The fourth-order valence-electron chi connectivity index (χ4n) is 13.3. The van der Waals surface area contributed by atoms with Gasteiger partial charge in [0.25, 0.3) is 11.4 Å². The topological polar surface area (TPSA) is 196 Å². The van der Waals surface area contributed by atoms with E-state index in [0.29, 0.717) is 92.5 Å². The average molecular weight is 1440 g/mol. The number of rotatable bonds is 8. The number of methoxy groups -OCH3 is 2. The van der Waals surface area contributed by atoms with Crippen molar-refractivity contribution >= 4 is 142 Å². The van der Waals surface area contributed by atoms with Gasteiger partial charge in [0.05, 0.1) is 90.2 Å². The number of halogens is 4. The molecule has 0 saturated heterocycles. The van der Waals surface area contributed by atoms with Crippen LogP contribution >= 0.6 is 79.7 Å². The SMILES string of the molecule is [C-]#[N+]/C(C#N)=C1\C(=C\c2cc(OC)c(-c3cc4c(s3)-c3sc(-c5c6nsnc6c(-c6cc7c(s6)-c6sc(-c8sc(/C=C9\C(=O)c%10cc(F)c(F)cc%10\C9=C(\C#N)[N+]#[C-])cc8OC)cc6OC7(C)C)c6nc7c(nc56)C(=O)c5ccccc5-7)cc3C(C)(C)O4)s2)C(=O)c2cc(F)c(F)cc21. The number of nitrogens with zero attached hydrogens (tertiary/aromatic N) is 8. The number of carbonyl (C=O) groups excluding carboxylic acids is 3. The van der Waals surface area contributed by atoms with Gasteiger partial charge in [0.15, 0.2) is 34.8 Å². The number of hydrogen-bond donors (Lipinski definition) is 0. The van der Waals surface area contributed by atoms with Crippen LogP contribution in [0.1, 0.15) is 96.5 Å². The maximum Gasteiger partial charge on any atom is 0.270 e. The number of allylic oxidation sites excluding steroid dienone is 6. The van der Waals surface area contributed by atoms with Crippen LogP contribution in [0, 0.1) is 59.1 Å². The van der Waals surface area contributed by atoms with Crippen LogP contribution in [0.4, 0.5) is 17.6 Å². The third kappa shape index (κ3) is 9.04. The molecule has 10 heterocycles. The summed E-state index contributed by atoms with van der Waals surface area (Å²) < 4.78 is 94.2. The number of benzene rings is 4. The molecule has 4 aromatic carbocycles. The van der Waals surface area contributed by atoms with E-state index in [1.807, 2.05) is 64.1 Å². The largest absolute Gasteiger partial charge is 0.495 e. The molecule has 0 radical (unpaired) electrons. The Bertz CT molecular complexity index is 6140. The van der Waals surface area contributed by atoms with E-state index in [-0.39, 0.29) is 56.0 Å². The van der Waals surface area contributed by atoms with Gasteiger partial charge in [0.2, 0.25) is 5.78 Å². The molecule has 12 aromatic rings. The first-order chi connectivity index (χ1) is 47.6. The molecule has 17 rings (SSSR count). The number of ketones is 3. The van der Waals surface area contributed by atoms with Gasteiger partial charge in [-0.1, -0.05) is 24.3 Å². The van der Waals surface area contributed by atoms with Crippen LogP contribution in [0.3, 0.4) is 0 Å². The van der Waals surface area contributed by atoms with Crippen LogP contribution in [0.25, 0.3) is 126 Å². The first-order valence-corrected chi connectivity index (χ1v) is 35.3. The van der Waals surface area contributed by atoms with E-state index in [1.165, 1.54) is 94.4 Å². The number of nitriles is 2. The van der Waals surface area contributed by atoms with Crippen molar-refractivity contribution in [3.63, 3.8) is 0 Å². The van der Waals surface area contributed by atoms with Gasteiger partial charge in [-0.2, -0.15) is 8.75 Å². The van der Waals surface area contributed by atoms with Crippen LogP contribution in [-0.4, -0.2) is 50.3 Å². The molecular weight excluding hydrogens is 1400 g/mol. The molecule has 0 saturated carbocycles. The van der Waals surface area contributed by atoms with E-state index < -0.39 is 57.4 Å². The van der Waals surface area contributed by atoms with Crippen molar-refractivity contribution < 1.29 is 50.9 Å². The quantitative estimate of drug-likeness (QED) is 0.0604. The number of carbonyl (C=O) groups is 3. The second-order valence-corrected chi connectivity index (χ2v) is 31.0. The van der Waals surface area contributed by atoms with E-state index >= 15 is 0 Å². The zero-order valence-electron chi connectivity index (χ0n) is 51.5. The Labute approximate surface area is 585 Å². The van der Waals surface area contributed by atoms with Gasteiger partial charge in [-0.15, -0.1) is 68.0 Å². The summed E-state index contributed by atoms with van der Waals surface area (Å²) in [6, 6.07) is 25.6. The van der Waals surface area contributed by atoms with Crippen LogP contribution in [-0.2, 0) is 11.2 Å². The highest BCUT2D eigenvalue weighted by atomic mass is 32.1. The number of ether oxygens (including phenoxy) is 4. The fraction of sp³-hybridized carbons (Fsp3) is 0.110. The van der Waals surface area contributed by atoms with Crippen LogP contribution < -0.4 is 18.9 Å². The van der Waals surface area contributed by atoms with Gasteiger partial charge in [0.1, 0.15) is 67.7 Å². The normalized spacial score (nSPS) is 16.6. The summed E-state index contributed by atoms with van der Waals surface area (Å²) >= 11 is 9.54. The van der Waals surface area contributed by atoms with Gasteiger partial charge in [-0.05, 0) is 99.5 Å². The maximum absolute atomic E-state index is 14.7. The van der Waals surface area contributed by atoms with E-state index in [1.54, 1.807) is 24.3 Å². The number of Topliss-reactive ketones (excluding diaryl/α,β-unsaturated/α-hetero) is 2. The molecule has 0 unspecified atom stereocenters. The summed E-state index contributed by atoms with van der Waals surface area (Å²) in [7, 11) is 3.02. The Morgan fingerprint density at radius 1 is 0.505 bits per heavy atom. The second kappa shape index (κ2) is 22.1. The van der Waals surface area contributed by atoms with Crippen LogP contribution in [0.2, 0.25) is 0 Å². The lowest BCUT2D eigenvalue weighted by atomic mass is 9.93. The number of fused-ring (bicyclic) bond motifs is 13. The summed E-state index contributed by atoms with van der Waals surface area (Å²) in [5.41, 5.74) is 3.33. The lowest BCUT2D eigenvalue weighted by molar-refractivity contribution is 0.103. The Hall–Kier alpha value is -10.9. The summed E-state index contributed by atoms with van der Waals surface area (Å²) in [6.45, 7) is 23.4. The van der Waals surface area contributed by atoms with Gasteiger partial charge in [-0.25, -0.2) is 47.7 Å². The molecule has 0 amide bonds. The first kappa shape index (κ1) is 61.7. The predicted molar refractivity (Wildman–Crippen MR) is 375 cm³/mol. The van der Waals surface area contributed by atoms with Gasteiger partial charge in [-0.3, -0.25) is 14.4 Å². The van der Waals surface area contributed by atoms with Crippen molar-refractivity contribution in [1.29, 1.82) is 10.5 Å². The molecule has 0 atom stereocenters. The van der Waals surface area contributed by atoms with E-state index in [4.69, 9.17) is 50.8 Å². The van der Waals surface area contributed by atoms with Crippen molar-refractivity contribution in [2.45, 2.75) is 38.9 Å². The lowest BCUT2D eigenvalue weighted by Crippen LogP contribution is -2.27. The summed E-state index contributed by atoms with van der Waals surface area (Å²) in [4.78, 5) is 68.7. The molecule has 0 bridgehead atoms. The Morgan fingerprint density at radius 3 is 1.34 bits per heavy atom. The van der Waals surface area contributed by atoms with E-state index in [0.717, 1.165) is 86.1 Å². The average Bonchev–Trinajstić information content (AvgIpc) is 1.66. The van der Waals surface area contributed by atoms with Crippen molar-refractivity contribution in [1.82, 2.24) is 18.7 Å². The zero-order valence-corrected chi connectivity index (χ0v) is 57.3. The molecule has 3 aliphatic carbocycles. The minimum absolute atomic E-state index is 0.0471. The number of hydrogen-bond acceptors (Lipinski definition) is 20. The Kier molecular flexibility index (Phi) is 13.7. The second-order valence-electron chi connectivity index (χ2n) is 24.1. The van der Waals surface area contributed by atoms with E-state index in [2.05, 4.69) is 21.8 Å². The Balaban J connectivity index is 0.783. The zero-order chi connectivity index (χ0) is 68.7. The summed E-state index contributed by atoms with van der Waals surface area (Å²) in [5.74, 6) is -4.43. The monoisotopic (exact) mass is 1430 g/mol. The van der Waals surface area contributed by atoms with Gasteiger partial charge >= 0.3 is 0 Å².